The predicted octanol–water partition coefficient (Wildman–Crippen LogP) is 1.62. The number of carbonyl (C=O) groups is 1. The van der Waals surface area contributed by atoms with Crippen molar-refractivity contribution in [2.45, 2.75) is 6.18 Å². The minimum absolute atomic E-state index is 0.0723. The van der Waals surface area contributed by atoms with Crippen molar-refractivity contribution in [3.63, 3.8) is 0 Å². The molecule has 0 aliphatic rings. The monoisotopic (exact) mass is 297 g/mol. The first kappa shape index (κ1) is 15.3. The van der Waals surface area contributed by atoms with Gasteiger partial charge in [-0.3, -0.25) is 9.52 Å². The van der Waals surface area contributed by atoms with Gasteiger partial charge in [-0.25, -0.2) is 8.42 Å². The second kappa shape index (κ2) is 5.47. The Labute approximate surface area is 107 Å². The summed E-state index contributed by atoms with van der Waals surface area (Å²) in [5, 5.41) is 0. The van der Waals surface area contributed by atoms with E-state index in [0.717, 1.165) is 31.4 Å². The van der Waals surface area contributed by atoms with Crippen molar-refractivity contribution >= 4 is 21.7 Å². The lowest BCUT2D eigenvalue weighted by Gasteiger charge is -2.09. The Morgan fingerprint density at radius 3 is 2.21 bits per heavy atom. The van der Waals surface area contributed by atoms with Crippen molar-refractivity contribution in [1.82, 2.24) is 0 Å². The maximum atomic E-state index is 12.3. The maximum Gasteiger partial charge on any atom is 0.416 e. The first-order chi connectivity index (χ1) is 8.64. The summed E-state index contributed by atoms with van der Waals surface area (Å²) in [6.07, 6.45) is -4.50. The molecule has 106 valence electrons. The highest BCUT2D eigenvalue weighted by Crippen LogP contribution is 2.29. The number of hydrogen-bond acceptors (Lipinski definition) is 4. The van der Waals surface area contributed by atoms with Crippen molar-refractivity contribution in [2.75, 3.05) is 17.6 Å². The molecular weight excluding hydrogens is 287 g/mol. The van der Waals surface area contributed by atoms with Crippen LogP contribution in [-0.4, -0.2) is 27.2 Å². The number of alkyl halides is 3. The lowest BCUT2D eigenvalue weighted by atomic mass is 10.2. The van der Waals surface area contributed by atoms with Gasteiger partial charge in [0.2, 0.25) is 10.0 Å². The Morgan fingerprint density at radius 1 is 1.26 bits per heavy atom. The molecule has 0 saturated heterocycles. The normalized spacial score (nSPS) is 12.0. The van der Waals surface area contributed by atoms with Gasteiger partial charge < -0.3 is 4.74 Å². The van der Waals surface area contributed by atoms with Crippen LogP contribution in [0.1, 0.15) is 5.56 Å². The molecule has 1 aromatic rings. The zero-order chi connectivity index (χ0) is 14.7. The van der Waals surface area contributed by atoms with E-state index in [2.05, 4.69) is 4.74 Å². The van der Waals surface area contributed by atoms with E-state index in [1.54, 1.807) is 0 Å². The minimum atomic E-state index is -4.50. The number of methoxy groups -OCH3 is 1. The first-order valence-corrected chi connectivity index (χ1v) is 6.54. The molecule has 0 unspecified atom stereocenters. The van der Waals surface area contributed by atoms with Crippen LogP contribution < -0.4 is 4.72 Å². The van der Waals surface area contributed by atoms with Crippen LogP contribution in [0.5, 0.6) is 0 Å². The van der Waals surface area contributed by atoms with E-state index >= 15 is 0 Å². The molecule has 0 atom stereocenters. The number of anilines is 1. The molecule has 1 rings (SSSR count). The number of benzene rings is 1. The molecule has 0 amide bonds. The summed E-state index contributed by atoms with van der Waals surface area (Å²) in [6, 6.07) is 3.38. The van der Waals surface area contributed by atoms with Crippen molar-refractivity contribution in [1.29, 1.82) is 0 Å². The van der Waals surface area contributed by atoms with Crippen LogP contribution >= 0.6 is 0 Å². The quantitative estimate of drug-likeness (QED) is 0.857. The van der Waals surface area contributed by atoms with Gasteiger partial charge in [-0.15, -0.1) is 0 Å². The van der Waals surface area contributed by atoms with Crippen molar-refractivity contribution in [3.05, 3.63) is 29.8 Å². The summed E-state index contributed by atoms with van der Waals surface area (Å²) >= 11 is 0. The first-order valence-electron chi connectivity index (χ1n) is 4.88. The number of sulfonamides is 1. The molecule has 19 heavy (non-hydrogen) atoms. The molecule has 0 fully saturated rings. The highest BCUT2D eigenvalue weighted by molar-refractivity contribution is 7.93. The molecule has 1 aromatic carbocycles. The van der Waals surface area contributed by atoms with Gasteiger partial charge in [0.1, 0.15) is 0 Å². The van der Waals surface area contributed by atoms with E-state index in [1.165, 1.54) is 0 Å². The number of rotatable bonds is 4. The Balaban J connectivity index is 2.81. The van der Waals surface area contributed by atoms with Crippen LogP contribution in [0, 0.1) is 0 Å². The van der Waals surface area contributed by atoms with Gasteiger partial charge in [0.25, 0.3) is 0 Å². The van der Waals surface area contributed by atoms with E-state index in [1.807, 2.05) is 4.72 Å². The Bertz CT molecular complexity index is 551. The fraction of sp³-hybridized carbons (Fsp3) is 0.300. The van der Waals surface area contributed by atoms with Gasteiger partial charge in [0, 0.05) is 5.69 Å². The third-order valence-electron chi connectivity index (χ3n) is 2.02. The van der Waals surface area contributed by atoms with Crippen molar-refractivity contribution in [3.8, 4) is 0 Å². The molecule has 9 heteroatoms. The van der Waals surface area contributed by atoms with Gasteiger partial charge in [0.05, 0.1) is 12.7 Å². The Morgan fingerprint density at radius 2 is 1.79 bits per heavy atom. The average molecular weight is 297 g/mol. The molecule has 0 aliphatic carbocycles. The average Bonchev–Trinajstić information content (AvgIpc) is 2.27. The summed E-state index contributed by atoms with van der Waals surface area (Å²) < 4.78 is 65.8. The molecule has 0 saturated carbocycles. The SMILES string of the molecule is COC(=O)CS(=O)(=O)Nc1ccc(C(F)(F)F)cc1. The molecule has 0 bridgehead atoms. The number of esters is 1. The fourth-order valence-corrected chi connectivity index (χ4v) is 2.15. The number of ether oxygens (including phenoxy) is 1. The van der Waals surface area contributed by atoms with Crippen molar-refractivity contribution in [2.24, 2.45) is 0 Å². The Kier molecular flexibility index (Phi) is 4.40. The Hall–Kier alpha value is -1.77. The largest absolute Gasteiger partial charge is 0.468 e. The zero-order valence-electron chi connectivity index (χ0n) is 9.69. The van der Waals surface area contributed by atoms with Crippen molar-refractivity contribution < 1.29 is 31.1 Å². The minimum Gasteiger partial charge on any atom is -0.468 e. The highest BCUT2D eigenvalue weighted by atomic mass is 32.2. The summed E-state index contributed by atoms with van der Waals surface area (Å²) in [5.41, 5.74) is -0.972. The van der Waals surface area contributed by atoms with Crippen LogP contribution in [0.2, 0.25) is 0 Å². The summed E-state index contributed by atoms with van der Waals surface area (Å²) in [4.78, 5) is 10.8. The van der Waals surface area contributed by atoms with Gasteiger partial charge >= 0.3 is 12.1 Å². The maximum absolute atomic E-state index is 12.3. The van der Waals surface area contributed by atoms with Crippen LogP contribution in [0.15, 0.2) is 24.3 Å². The third-order valence-corrected chi connectivity index (χ3v) is 3.18. The standard InChI is InChI=1S/C10H10F3NO4S/c1-18-9(15)6-19(16,17)14-8-4-2-7(3-5-8)10(11,12)13/h2-5,14H,6H2,1H3. The van der Waals surface area contributed by atoms with Gasteiger partial charge in [-0.1, -0.05) is 0 Å². The summed E-state index contributed by atoms with van der Waals surface area (Å²) in [6.45, 7) is 0. The fourth-order valence-electron chi connectivity index (χ4n) is 1.16. The van der Waals surface area contributed by atoms with Crippen LogP contribution in [0.4, 0.5) is 18.9 Å². The highest BCUT2D eigenvalue weighted by Gasteiger charge is 2.30. The van der Waals surface area contributed by atoms with E-state index in [-0.39, 0.29) is 5.69 Å². The van der Waals surface area contributed by atoms with Crippen LogP contribution in [0.3, 0.4) is 0 Å². The topological polar surface area (TPSA) is 72.5 Å². The molecule has 5 nitrogen and oxygen atoms in total. The number of nitrogens with one attached hydrogen (secondary N) is 1. The lowest BCUT2D eigenvalue weighted by Crippen LogP contribution is -2.23. The number of halogens is 3. The van der Waals surface area contributed by atoms with Crippen LogP contribution in [-0.2, 0) is 25.7 Å². The molecular formula is C10H10F3NO4S. The zero-order valence-corrected chi connectivity index (χ0v) is 10.5. The molecule has 0 heterocycles. The molecule has 0 aromatic heterocycles. The van der Waals surface area contributed by atoms with Crippen LogP contribution in [0.25, 0.3) is 0 Å². The van der Waals surface area contributed by atoms with E-state index < -0.39 is 33.5 Å². The third kappa shape index (κ3) is 4.78. The van der Waals surface area contributed by atoms with E-state index in [9.17, 15) is 26.4 Å². The number of carbonyl (C=O) groups excluding carboxylic acids is 1. The van der Waals surface area contributed by atoms with E-state index in [4.69, 9.17) is 0 Å². The number of hydrogen-bond donors (Lipinski definition) is 1. The molecule has 0 aliphatic heterocycles. The second-order valence-electron chi connectivity index (χ2n) is 3.51. The smallest absolute Gasteiger partial charge is 0.416 e. The summed E-state index contributed by atoms with van der Waals surface area (Å²) in [7, 11) is -2.98. The van der Waals surface area contributed by atoms with Gasteiger partial charge in [-0.2, -0.15) is 13.2 Å². The summed E-state index contributed by atoms with van der Waals surface area (Å²) in [5.74, 6) is -1.88. The van der Waals surface area contributed by atoms with Gasteiger partial charge in [-0.05, 0) is 24.3 Å². The predicted molar refractivity (Wildman–Crippen MR) is 60.9 cm³/mol. The molecule has 0 spiro atoms. The molecule has 1 N–H and O–H groups in total. The van der Waals surface area contributed by atoms with E-state index in [0.29, 0.717) is 0 Å². The lowest BCUT2D eigenvalue weighted by molar-refractivity contribution is -0.138. The molecule has 0 radical (unpaired) electrons. The van der Waals surface area contributed by atoms with Gasteiger partial charge in [0.15, 0.2) is 5.75 Å². The second-order valence-corrected chi connectivity index (χ2v) is 5.23.